The Morgan fingerprint density at radius 3 is 2.32 bits per heavy atom. The maximum atomic E-state index is 13.8. The van der Waals surface area contributed by atoms with Crippen LogP contribution in [0.4, 0.5) is 0 Å². The molecule has 2 N–H and O–H groups in total. The number of aliphatic hydroxyl groups is 1. The Morgan fingerprint density at radius 2 is 1.73 bits per heavy atom. The van der Waals surface area contributed by atoms with E-state index in [2.05, 4.69) is 17.2 Å². The molecule has 0 spiro atoms. The van der Waals surface area contributed by atoms with Crippen LogP contribution in [0.5, 0.6) is 0 Å². The van der Waals surface area contributed by atoms with E-state index in [0.29, 0.717) is 35.3 Å². The van der Waals surface area contributed by atoms with Gasteiger partial charge in [0.15, 0.2) is 5.01 Å². The van der Waals surface area contributed by atoms with Gasteiger partial charge in [0, 0.05) is 37.3 Å². The zero-order chi connectivity index (χ0) is 30.1. The molecular weight excluding hydrogens is 556 g/mol. The number of carbonyl (C=O) groups excluding carboxylic acids is 2. The van der Waals surface area contributed by atoms with Crippen LogP contribution in [0.2, 0.25) is 0 Å². The Kier molecular flexibility index (Phi) is 9.38. The van der Waals surface area contributed by atoms with Crippen LogP contribution in [0.15, 0.2) is 41.3 Å². The third-order valence-electron chi connectivity index (χ3n) is 7.33. The Morgan fingerprint density at radius 1 is 1.10 bits per heavy atom. The first-order valence-electron chi connectivity index (χ1n) is 14.2. The standard InChI is InChI=1S/C31H42N4O4S2/c1-8-35(30(3,4)5)41(39)24-14-13-23(21-11-9-10-12-22(21)24)26-25(29(37)34-17-15-20(2)16-18-34)33-28(40-26)27(36)32-19-31(6,7)38/h9-14,20,38H,8,15-19H2,1-7H3,(H,32,36). The van der Waals surface area contributed by atoms with E-state index in [4.69, 9.17) is 0 Å². The van der Waals surface area contributed by atoms with Crippen LogP contribution < -0.4 is 5.32 Å². The van der Waals surface area contributed by atoms with Gasteiger partial charge in [-0.05, 0) is 70.2 Å². The summed E-state index contributed by atoms with van der Waals surface area (Å²) in [4.78, 5) is 34.7. The summed E-state index contributed by atoms with van der Waals surface area (Å²) in [5, 5.41) is 14.7. The Bertz CT molecular complexity index is 1450. The maximum Gasteiger partial charge on any atom is 0.280 e. The summed E-state index contributed by atoms with van der Waals surface area (Å²) < 4.78 is 15.8. The van der Waals surface area contributed by atoms with Crippen LogP contribution in [0.1, 0.15) is 81.6 Å². The Labute approximate surface area is 249 Å². The van der Waals surface area contributed by atoms with Crippen molar-refractivity contribution in [1.29, 1.82) is 0 Å². The van der Waals surface area contributed by atoms with Gasteiger partial charge in [-0.25, -0.2) is 13.5 Å². The molecule has 222 valence electrons. The van der Waals surface area contributed by atoms with Crippen molar-refractivity contribution >= 4 is 44.9 Å². The molecule has 4 rings (SSSR count). The molecule has 10 heteroatoms. The minimum atomic E-state index is -1.41. The smallest absolute Gasteiger partial charge is 0.280 e. The number of likely N-dealkylation sites (tertiary alicyclic amines) is 1. The van der Waals surface area contributed by atoms with E-state index in [1.165, 1.54) is 11.3 Å². The predicted molar refractivity (Wildman–Crippen MR) is 167 cm³/mol. The normalized spacial score (nSPS) is 15.9. The van der Waals surface area contributed by atoms with Crippen molar-refractivity contribution in [3.05, 3.63) is 47.1 Å². The van der Waals surface area contributed by atoms with E-state index < -0.39 is 22.5 Å². The highest BCUT2D eigenvalue weighted by atomic mass is 32.2. The second-order valence-electron chi connectivity index (χ2n) is 12.4. The SMILES string of the molecule is CCN(S(=O)c1ccc(-c2sc(C(=O)NCC(C)(C)O)nc2C(=O)N2CCC(C)CC2)c2ccccc12)C(C)(C)C. The lowest BCUT2D eigenvalue weighted by atomic mass is 9.98. The zero-order valence-corrected chi connectivity index (χ0v) is 26.7. The lowest BCUT2D eigenvalue weighted by Gasteiger charge is -2.33. The number of nitrogens with zero attached hydrogens (tertiary/aromatic N) is 3. The van der Waals surface area contributed by atoms with Crippen molar-refractivity contribution in [2.75, 3.05) is 26.2 Å². The fraction of sp³-hybridized carbons (Fsp3) is 0.516. The number of piperidine rings is 1. The lowest BCUT2D eigenvalue weighted by Crippen LogP contribution is -2.42. The number of thiazole rings is 1. The van der Waals surface area contributed by atoms with Crippen LogP contribution in [0.25, 0.3) is 21.2 Å². The van der Waals surface area contributed by atoms with E-state index in [1.807, 2.05) is 73.3 Å². The lowest BCUT2D eigenvalue weighted by molar-refractivity contribution is 0.0685. The largest absolute Gasteiger partial charge is 0.389 e. The minimum Gasteiger partial charge on any atom is -0.389 e. The molecule has 1 saturated heterocycles. The van der Waals surface area contributed by atoms with Crippen molar-refractivity contribution in [3.63, 3.8) is 0 Å². The number of aromatic nitrogens is 1. The summed E-state index contributed by atoms with van der Waals surface area (Å²) in [7, 11) is -1.41. The fourth-order valence-electron chi connectivity index (χ4n) is 5.06. The number of fused-ring (bicyclic) bond motifs is 1. The second kappa shape index (κ2) is 12.3. The van der Waals surface area contributed by atoms with Gasteiger partial charge >= 0.3 is 0 Å². The maximum absolute atomic E-state index is 13.8. The molecule has 1 fully saturated rings. The number of carbonyl (C=O) groups is 2. The fourth-order valence-corrected chi connectivity index (χ4v) is 7.59. The number of hydrogen-bond donors (Lipinski definition) is 2. The third kappa shape index (κ3) is 7.05. The number of nitrogens with one attached hydrogen (secondary N) is 1. The summed E-state index contributed by atoms with van der Waals surface area (Å²) in [6.07, 6.45) is 1.85. The van der Waals surface area contributed by atoms with E-state index in [1.54, 1.807) is 13.8 Å². The number of hydrogen-bond acceptors (Lipinski definition) is 6. The van der Waals surface area contributed by atoms with Gasteiger partial charge < -0.3 is 15.3 Å². The summed E-state index contributed by atoms with van der Waals surface area (Å²) in [6.45, 7) is 15.5. The van der Waals surface area contributed by atoms with Gasteiger partial charge in [0.1, 0.15) is 16.7 Å². The van der Waals surface area contributed by atoms with Crippen LogP contribution in [0, 0.1) is 5.92 Å². The predicted octanol–water partition coefficient (Wildman–Crippen LogP) is 5.48. The van der Waals surface area contributed by atoms with Crippen LogP contribution >= 0.6 is 11.3 Å². The van der Waals surface area contributed by atoms with Crippen LogP contribution in [-0.2, 0) is 11.0 Å². The molecule has 2 aromatic carbocycles. The molecule has 41 heavy (non-hydrogen) atoms. The average Bonchev–Trinajstić information content (AvgIpc) is 3.35. The number of amides is 2. The van der Waals surface area contributed by atoms with Gasteiger partial charge in [-0.1, -0.05) is 44.2 Å². The first kappa shape index (κ1) is 31.3. The molecule has 3 aromatic rings. The topological polar surface area (TPSA) is 103 Å². The van der Waals surface area contributed by atoms with Crippen molar-refractivity contribution in [2.24, 2.45) is 5.92 Å². The molecule has 2 amide bonds. The van der Waals surface area contributed by atoms with Crippen molar-refractivity contribution < 1.29 is 18.9 Å². The second-order valence-corrected chi connectivity index (χ2v) is 14.8. The molecule has 2 heterocycles. The molecule has 1 atom stereocenters. The van der Waals surface area contributed by atoms with Gasteiger partial charge in [0.25, 0.3) is 11.8 Å². The van der Waals surface area contributed by atoms with Gasteiger partial charge in [0.05, 0.1) is 15.4 Å². The molecule has 0 bridgehead atoms. The highest BCUT2D eigenvalue weighted by molar-refractivity contribution is 7.83. The first-order chi connectivity index (χ1) is 19.2. The van der Waals surface area contributed by atoms with Crippen LogP contribution in [-0.4, -0.2) is 72.6 Å². The van der Waals surface area contributed by atoms with E-state index >= 15 is 0 Å². The Balaban J connectivity index is 1.84. The average molecular weight is 599 g/mol. The van der Waals surface area contributed by atoms with E-state index in [0.717, 1.165) is 29.2 Å². The molecule has 0 saturated carbocycles. The Hall–Kier alpha value is -2.66. The number of rotatable bonds is 8. The summed E-state index contributed by atoms with van der Waals surface area (Å²) in [5.74, 6) is -0.0629. The number of benzene rings is 2. The molecular formula is C31H42N4O4S2. The zero-order valence-electron chi connectivity index (χ0n) is 25.1. The molecule has 8 nitrogen and oxygen atoms in total. The highest BCUT2D eigenvalue weighted by Crippen LogP contribution is 2.39. The molecule has 0 radical (unpaired) electrons. The summed E-state index contributed by atoms with van der Waals surface area (Å²) in [6, 6.07) is 11.5. The molecule has 0 aliphatic carbocycles. The van der Waals surface area contributed by atoms with Gasteiger partial charge in [0.2, 0.25) is 0 Å². The molecule has 1 unspecified atom stereocenters. The first-order valence-corrected chi connectivity index (χ1v) is 16.2. The van der Waals surface area contributed by atoms with Crippen LogP contribution in [0.3, 0.4) is 0 Å². The van der Waals surface area contributed by atoms with Gasteiger partial charge in [-0.2, -0.15) is 0 Å². The van der Waals surface area contributed by atoms with E-state index in [-0.39, 0.29) is 28.7 Å². The van der Waals surface area contributed by atoms with Crippen molar-refractivity contribution in [2.45, 2.75) is 77.3 Å². The summed E-state index contributed by atoms with van der Waals surface area (Å²) in [5.41, 5.74) is -0.358. The van der Waals surface area contributed by atoms with Gasteiger partial charge in [-0.15, -0.1) is 11.3 Å². The molecule has 1 aliphatic rings. The molecule has 1 aromatic heterocycles. The molecule has 1 aliphatic heterocycles. The minimum absolute atomic E-state index is 0.0547. The van der Waals surface area contributed by atoms with E-state index in [9.17, 15) is 18.9 Å². The monoisotopic (exact) mass is 598 g/mol. The summed E-state index contributed by atoms with van der Waals surface area (Å²) >= 11 is 1.17. The van der Waals surface area contributed by atoms with Crippen molar-refractivity contribution in [3.8, 4) is 10.4 Å². The highest BCUT2D eigenvalue weighted by Gasteiger charge is 2.31. The van der Waals surface area contributed by atoms with Crippen molar-refractivity contribution in [1.82, 2.24) is 19.5 Å². The third-order valence-corrected chi connectivity index (χ3v) is 10.4. The van der Waals surface area contributed by atoms with Gasteiger partial charge in [-0.3, -0.25) is 9.59 Å². The quantitative estimate of drug-likeness (QED) is 0.358.